The van der Waals surface area contributed by atoms with E-state index in [1.54, 1.807) is 0 Å². The molecule has 1 aliphatic rings. The monoisotopic (exact) mass is 238 g/mol. The Morgan fingerprint density at radius 1 is 1.50 bits per heavy atom. The van der Waals surface area contributed by atoms with Crippen molar-refractivity contribution in [2.75, 3.05) is 6.54 Å². The van der Waals surface area contributed by atoms with E-state index in [1.165, 1.54) is 15.3 Å². The predicted octanol–water partition coefficient (Wildman–Crippen LogP) is 2.68. The first-order valence-corrected chi connectivity index (χ1v) is 6.93. The van der Waals surface area contributed by atoms with Gasteiger partial charge in [0.15, 0.2) is 0 Å². The Kier molecular flexibility index (Phi) is 3.67. The molecule has 1 fully saturated rings. The Balaban J connectivity index is 1.99. The minimum Gasteiger partial charge on any atom is -0.328 e. The summed E-state index contributed by atoms with van der Waals surface area (Å²) in [7, 11) is 0. The lowest BCUT2D eigenvalue weighted by Crippen LogP contribution is -2.44. The molecule has 2 nitrogen and oxygen atoms in total. The van der Waals surface area contributed by atoms with E-state index < -0.39 is 0 Å². The summed E-state index contributed by atoms with van der Waals surface area (Å²) in [5, 5.41) is 0. The molecule has 0 amide bonds. The van der Waals surface area contributed by atoms with Crippen LogP contribution in [0.25, 0.3) is 0 Å². The molecule has 2 unspecified atom stereocenters. The molecule has 16 heavy (non-hydrogen) atoms. The maximum absolute atomic E-state index is 5.98. The first kappa shape index (κ1) is 12.1. The van der Waals surface area contributed by atoms with Crippen LogP contribution < -0.4 is 5.73 Å². The number of hydrogen-bond acceptors (Lipinski definition) is 3. The van der Waals surface area contributed by atoms with E-state index in [-0.39, 0.29) is 0 Å². The Morgan fingerprint density at radius 2 is 2.25 bits per heavy atom. The van der Waals surface area contributed by atoms with Gasteiger partial charge in [-0.1, -0.05) is 0 Å². The van der Waals surface area contributed by atoms with Crippen molar-refractivity contribution in [3.8, 4) is 0 Å². The lowest BCUT2D eigenvalue weighted by atomic mass is 9.99. The van der Waals surface area contributed by atoms with Crippen LogP contribution in [0.4, 0.5) is 0 Å². The van der Waals surface area contributed by atoms with Gasteiger partial charge in [0.2, 0.25) is 0 Å². The second kappa shape index (κ2) is 4.86. The number of rotatable bonds is 2. The van der Waals surface area contributed by atoms with E-state index in [0.717, 1.165) is 25.9 Å². The molecule has 90 valence electrons. The van der Waals surface area contributed by atoms with Gasteiger partial charge in [0, 0.05) is 34.9 Å². The standard InChI is InChI=1S/C13H22N2S/c1-9-6-13(16-11(9)3)8-15-5-4-12(14)7-10(15)2/h6,10,12H,4-5,7-8,14H2,1-3H3. The topological polar surface area (TPSA) is 29.3 Å². The highest BCUT2D eigenvalue weighted by molar-refractivity contribution is 7.12. The van der Waals surface area contributed by atoms with Gasteiger partial charge >= 0.3 is 0 Å². The molecule has 2 N–H and O–H groups in total. The van der Waals surface area contributed by atoms with Crippen LogP contribution >= 0.6 is 11.3 Å². The van der Waals surface area contributed by atoms with Crippen LogP contribution in [-0.4, -0.2) is 23.5 Å². The highest BCUT2D eigenvalue weighted by Gasteiger charge is 2.23. The molecule has 2 atom stereocenters. The lowest BCUT2D eigenvalue weighted by Gasteiger charge is -2.36. The second-order valence-electron chi connectivity index (χ2n) is 5.06. The zero-order valence-corrected chi connectivity index (χ0v) is 11.3. The van der Waals surface area contributed by atoms with E-state index in [1.807, 2.05) is 11.3 Å². The quantitative estimate of drug-likeness (QED) is 0.858. The fourth-order valence-electron chi connectivity index (χ4n) is 2.42. The van der Waals surface area contributed by atoms with Crippen LogP contribution in [0.1, 0.15) is 35.1 Å². The third-order valence-electron chi connectivity index (χ3n) is 3.63. The van der Waals surface area contributed by atoms with Gasteiger partial charge in [-0.05, 0) is 45.2 Å². The molecule has 0 aliphatic carbocycles. The van der Waals surface area contributed by atoms with Gasteiger partial charge < -0.3 is 5.73 Å². The number of nitrogens with zero attached hydrogens (tertiary/aromatic N) is 1. The van der Waals surface area contributed by atoms with Crippen molar-refractivity contribution in [2.45, 2.75) is 52.2 Å². The molecule has 0 aromatic carbocycles. The predicted molar refractivity (Wildman–Crippen MR) is 70.9 cm³/mol. The summed E-state index contributed by atoms with van der Waals surface area (Å²) in [4.78, 5) is 5.52. The van der Waals surface area contributed by atoms with Crippen LogP contribution in [0, 0.1) is 13.8 Å². The minimum absolute atomic E-state index is 0.415. The molecule has 0 spiro atoms. The summed E-state index contributed by atoms with van der Waals surface area (Å²) in [5.41, 5.74) is 7.42. The molecule has 0 radical (unpaired) electrons. The van der Waals surface area contributed by atoms with Crippen LogP contribution in [-0.2, 0) is 6.54 Å². The van der Waals surface area contributed by atoms with E-state index in [4.69, 9.17) is 5.73 Å². The Labute approximate surface area is 102 Å². The first-order valence-electron chi connectivity index (χ1n) is 6.12. The number of piperidine rings is 1. The van der Waals surface area contributed by atoms with Crippen molar-refractivity contribution in [2.24, 2.45) is 5.73 Å². The van der Waals surface area contributed by atoms with Crippen molar-refractivity contribution in [3.05, 3.63) is 21.4 Å². The Bertz CT molecular complexity index is 339. The molecule has 3 heteroatoms. The van der Waals surface area contributed by atoms with E-state index >= 15 is 0 Å². The van der Waals surface area contributed by atoms with Gasteiger partial charge in [-0.3, -0.25) is 4.90 Å². The molecule has 0 saturated carbocycles. The highest BCUT2D eigenvalue weighted by Crippen LogP contribution is 2.25. The third kappa shape index (κ3) is 2.65. The lowest BCUT2D eigenvalue weighted by molar-refractivity contribution is 0.141. The second-order valence-corrected chi connectivity index (χ2v) is 6.40. The Morgan fingerprint density at radius 3 is 2.81 bits per heavy atom. The summed E-state index contributed by atoms with van der Waals surface area (Å²) in [5.74, 6) is 0. The molecular formula is C13H22N2S. The molecule has 2 rings (SSSR count). The fraction of sp³-hybridized carbons (Fsp3) is 0.692. The average molecular weight is 238 g/mol. The number of thiophene rings is 1. The summed E-state index contributed by atoms with van der Waals surface area (Å²) in [6, 6.07) is 3.38. The summed E-state index contributed by atoms with van der Waals surface area (Å²) in [6.07, 6.45) is 2.29. The van der Waals surface area contributed by atoms with Crippen LogP contribution in [0.15, 0.2) is 6.07 Å². The van der Waals surface area contributed by atoms with E-state index in [2.05, 4.69) is 31.7 Å². The summed E-state index contributed by atoms with van der Waals surface area (Å²) < 4.78 is 0. The van der Waals surface area contributed by atoms with Crippen molar-refractivity contribution in [1.29, 1.82) is 0 Å². The van der Waals surface area contributed by atoms with Gasteiger partial charge in [0.25, 0.3) is 0 Å². The SMILES string of the molecule is Cc1cc(CN2CCC(N)CC2C)sc1C. The first-order chi connectivity index (χ1) is 7.56. The number of aryl methyl sites for hydroxylation is 2. The van der Waals surface area contributed by atoms with E-state index in [9.17, 15) is 0 Å². The zero-order valence-electron chi connectivity index (χ0n) is 10.5. The van der Waals surface area contributed by atoms with Crippen LogP contribution in [0.3, 0.4) is 0 Å². The molecule has 1 aliphatic heterocycles. The van der Waals surface area contributed by atoms with Crippen LogP contribution in [0.2, 0.25) is 0 Å². The molecule has 2 heterocycles. The largest absolute Gasteiger partial charge is 0.328 e. The van der Waals surface area contributed by atoms with Gasteiger partial charge in [0.1, 0.15) is 0 Å². The van der Waals surface area contributed by atoms with E-state index in [0.29, 0.717) is 12.1 Å². The van der Waals surface area contributed by atoms with Crippen LogP contribution in [0.5, 0.6) is 0 Å². The fourth-order valence-corrected chi connectivity index (χ4v) is 3.50. The van der Waals surface area contributed by atoms with Gasteiger partial charge in [-0.25, -0.2) is 0 Å². The molecule has 0 bridgehead atoms. The third-order valence-corrected chi connectivity index (χ3v) is 4.77. The molecular weight excluding hydrogens is 216 g/mol. The molecule has 1 aromatic rings. The van der Waals surface area contributed by atoms with Gasteiger partial charge in [-0.15, -0.1) is 11.3 Å². The van der Waals surface area contributed by atoms with Gasteiger partial charge in [-0.2, -0.15) is 0 Å². The highest BCUT2D eigenvalue weighted by atomic mass is 32.1. The number of hydrogen-bond donors (Lipinski definition) is 1. The number of likely N-dealkylation sites (tertiary alicyclic amines) is 1. The number of nitrogens with two attached hydrogens (primary N) is 1. The maximum atomic E-state index is 5.98. The normalized spacial score (nSPS) is 27.2. The average Bonchev–Trinajstić information content (AvgIpc) is 2.51. The van der Waals surface area contributed by atoms with Crippen molar-refractivity contribution >= 4 is 11.3 Å². The maximum Gasteiger partial charge on any atom is 0.0330 e. The van der Waals surface area contributed by atoms with Gasteiger partial charge in [0.05, 0.1) is 0 Å². The molecule has 1 saturated heterocycles. The van der Waals surface area contributed by atoms with Crippen molar-refractivity contribution < 1.29 is 0 Å². The Hall–Kier alpha value is -0.380. The summed E-state index contributed by atoms with van der Waals surface area (Å²) in [6.45, 7) is 8.96. The summed E-state index contributed by atoms with van der Waals surface area (Å²) >= 11 is 1.94. The zero-order chi connectivity index (χ0) is 11.7. The molecule has 1 aromatic heterocycles. The minimum atomic E-state index is 0.415. The van der Waals surface area contributed by atoms with Crippen molar-refractivity contribution in [1.82, 2.24) is 4.90 Å². The smallest absolute Gasteiger partial charge is 0.0330 e. The van der Waals surface area contributed by atoms with Crippen molar-refractivity contribution in [3.63, 3.8) is 0 Å².